The average molecular weight is 406 g/mol. The maximum atomic E-state index is 13.1. The van der Waals surface area contributed by atoms with Crippen LogP contribution in [0.2, 0.25) is 0 Å². The molecule has 0 saturated heterocycles. The van der Waals surface area contributed by atoms with Gasteiger partial charge in [0.1, 0.15) is 0 Å². The van der Waals surface area contributed by atoms with Gasteiger partial charge < -0.3 is 10.6 Å². The van der Waals surface area contributed by atoms with Crippen LogP contribution >= 0.6 is 0 Å². The average Bonchev–Trinajstić information content (AvgIpc) is 3.47. The Morgan fingerprint density at radius 1 is 1.03 bits per heavy atom. The van der Waals surface area contributed by atoms with Crippen LogP contribution in [0.3, 0.4) is 0 Å². The van der Waals surface area contributed by atoms with Crippen LogP contribution in [0, 0.1) is 5.92 Å². The lowest BCUT2D eigenvalue weighted by molar-refractivity contribution is -0.118. The maximum Gasteiger partial charge on any atom is 0.256 e. The first kappa shape index (κ1) is 20.1. The molecule has 2 N–H and O–H groups in total. The number of anilines is 2. The van der Waals surface area contributed by atoms with Gasteiger partial charge in [-0.3, -0.25) is 9.59 Å². The largest absolute Gasteiger partial charge is 0.326 e. The van der Waals surface area contributed by atoms with E-state index in [1.54, 1.807) is 30.5 Å². The highest BCUT2D eigenvalue weighted by Crippen LogP contribution is 2.40. The molecule has 7 nitrogen and oxygen atoms in total. The van der Waals surface area contributed by atoms with Gasteiger partial charge in [0, 0.05) is 34.9 Å². The number of carbonyl (C=O) groups excluding carboxylic acids is 2. The van der Waals surface area contributed by atoms with E-state index in [2.05, 4.69) is 29.6 Å². The highest BCUT2D eigenvalue weighted by Gasteiger charge is 2.28. The second kappa shape index (κ2) is 7.89. The number of benzene rings is 1. The van der Waals surface area contributed by atoms with Crippen molar-refractivity contribution in [3.8, 4) is 0 Å². The first-order valence-electron chi connectivity index (χ1n) is 10.4. The fourth-order valence-electron chi connectivity index (χ4n) is 3.31. The minimum absolute atomic E-state index is 0.0410. The van der Waals surface area contributed by atoms with Crippen molar-refractivity contribution in [1.29, 1.82) is 0 Å². The van der Waals surface area contributed by atoms with Crippen molar-refractivity contribution >= 4 is 34.2 Å². The molecular formula is C23H27N5O2. The predicted octanol–water partition coefficient (Wildman–Crippen LogP) is 4.74. The van der Waals surface area contributed by atoms with Gasteiger partial charge in [-0.05, 0) is 57.0 Å². The Bertz CT molecular complexity index is 1090. The van der Waals surface area contributed by atoms with Crippen LogP contribution in [0.25, 0.3) is 11.0 Å². The van der Waals surface area contributed by atoms with Gasteiger partial charge >= 0.3 is 0 Å². The summed E-state index contributed by atoms with van der Waals surface area (Å²) in [4.78, 5) is 29.7. The smallest absolute Gasteiger partial charge is 0.256 e. The Balaban J connectivity index is 1.59. The summed E-state index contributed by atoms with van der Waals surface area (Å²) in [7, 11) is 0. The number of pyridine rings is 1. The van der Waals surface area contributed by atoms with Crippen molar-refractivity contribution in [2.24, 2.45) is 5.92 Å². The standard InChI is InChI=1S/C23H27N5O2/c1-13(2)22(29)25-16-7-9-17(10-8-16)26-23(30)18-11-20(15-5-6-15)27-21-19(18)12-24-28(21)14(3)4/h7-15H,5-6H2,1-4H3,(H,25,29)(H,26,30). The number of carbonyl (C=O) groups is 2. The van der Waals surface area contributed by atoms with E-state index in [4.69, 9.17) is 4.98 Å². The monoisotopic (exact) mass is 405 g/mol. The van der Waals surface area contributed by atoms with Gasteiger partial charge in [-0.2, -0.15) is 5.10 Å². The van der Waals surface area contributed by atoms with Gasteiger partial charge in [0.05, 0.1) is 17.1 Å². The number of hydrogen-bond acceptors (Lipinski definition) is 4. The highest BCUT2D eigenvalue weighted by atomic mass is 16.2. The molecule has 4 rings (SSSR count). The summed E-state index contributed by atoms with van der Waals surface area (Å²) in [5, 5.41) is 11.0. The van der Waals surface area contributed by atoms with Crippen molar-refractivity contribution in [1.82, 2.24) is 14.8 Å². The number of nitrogens with one attached hydrogen (secondary N) is 2. The predicted molar refractivity (Wildman–Crippen MR) is 118 cm³/mol. The SMILES string of the molecule is CC(C)C(=O)Nc1ccc(NC(=O)c2cc(C3CC3)nc3c2cnn3C(C)C)cc1. The van der Waals surface area contributed by atoms with E-state index < -0.39 is 0 Å². The van der Waals surface area contributed by atoms with Gasteiger partial charge in [-0.25, -0.2) is 9.67 Å². The molecule has 0 aliphatic heterocycles. The molecule has 156 valence electrons. The Labute approximate surface area is 175 Å². The Morgan fingerprint density at radius 3 is 2.23 bits per heavy atom. The summed E-state index contributed by atoms with van der Waals surface area (Å²) in [6.07, 6.45) is 3.94. The molecule has 30 heavy (non-hydrogen) atoms. The lowest BCUT2D eigenvalue weighted by atomic mass is 10.1. The van der Waals surface area contributed by atoms with Crippen LogP contribution in [0.4, 0.5) is 11.4 Å². The topological polar surface area (TPSA) is 88.9 Å². The van der Waals surface area contributed by atoms with Gasteiger partial charge in [0.25, 0.3) is 5.91 Å². The molecule has 1 aliphatic carbocycles. The fraction of sp³-hybridized carbons (Fsp3) is 0.391. The number of fused-ring (bicyclic) bond motifs is 1. The minimum Gasteiger partial charge on any atom is -0.326 e. The number of nitrogens with zero attached hydrogens (tertiary/aromatic N) is 3. The van der Waals surface area contributed by atoms with Crippen molar-refractivity contribution in [2.75, 3.05) is 10.6 Å². The van der Waals surface area contributed by atoms with Crippen LogP contribution in [0.5, 0.6) is 0 Å². The molecule has 3 aromatic rings. The van der Waals surface area contributed by atoms with Crippen molar-refractivity contribution in [3.63, 3.8) is 0 Å². The molecule has 2 heterocycles. The first-order chi connectivity index (χ1) is 14.3. The fourth-order valence-corrected chi connectivity index (χ4v) is 3.31. The molecule has 2 amide bonds. The summed E-state index contributed by atoms with van der Waals surface area (Å²) < 4.78 is 1.87. The third kappa shape index (κ3) is 4.06. The van der Waals surface area contributed by atoms with Crippen molar-refractivity contribution in [3.05, 3.63) is 47.8 Å². The van der Waals surface area contributed by atoms with E-state index in [0.29, 0.717) is 22.9 Å². The molecule has 1 aliphatic rings. The van der Waals surface area contributed by atoms with Crippen molar-refractivity contribution < 1.29 is 9.59 Å². The third-order valence-electron chi connectivity index (χ3n) is 5.25. The minimum atomic E-state index is -0.188. The molecular weight excluding hydrogens is 378 g/mol. The zero-order valence-corrected chi connectivity index (χ0v) is 17.8. The molecule has 7 heteroatoms. The molecule has 0 unspecified atom stereocenters. The zero-order chi connectivity index (χ0) is 21.4. The first-order valence-corrected chi connectivity index (χ1v) is 10.4. The summed E-state index contributed by atoms with van der Waals surface area (Å²) in [6, 6.07) is 9.19. The van der Waals surface area contributed by atoms with Gasteiger partial charge in [-0.15, -0.1) is 0 Å². The Kier molecular flexibility index (Phi) is 5.28. The van der Waals surface area contributed by atoms with E-state index in [1.807, 2.05) is 24.6 Å². The van der Waals surface area contributed by atoms with Crippen LogP contribution in [-0.2, 0) is 4.79 Å². The van der Waals surface area contributed by atoms with Crippen LogP contribution in [0.1, 0.15) is 68.5 Å². The number of hydrogen-bond donors (Lipinski definition) is 2. The molecule has 1 saturated carbocycles. The maximum absolute atomic E-state index is 13.1. The van der Waals surface area contributed by atoms with Gasteiger partial charge in [0.2, 0.25) is 5.91 Å². The van der Waals surface area contributed by atoms with Gasteiger partial charge in [-0.1, -0.05) is 13.8 Å². The number of amides is 2. The Hall–Kier alpha value is -3.22. The zero-order valence-electron chi connectivity index (χ0n) is 17.8. The highest BCUT2D eigenvalue weighted by molar-refractivity contribution is 6.12. The molecule has 2 aromatic heterocycles. The van der Waals surface area contributed by atoms with E-state index >= 15 is 0 Å². The van der Waals surface area contributed by atoms with Gasteiger partial charge in [0.15, 0.2) is 5.65 Å². The quantitative estimate of drug-likeness (QED) is 0.620. The molecule has 0 bridgehead atoms. The second-order valence-corrected chi connectivity index (χ2v) is 8.46. The lowest BCUT2D eigenvalue weighted by Crippen LogP contribution is -2.17. The summed E-state index contributed by atoms with van der Waals surface area (Å²) in [6.45, 7) is 7.79. The molecule has 0 spiro atoms. The Morgan fingerprint density at radius 2 is 1.67 bits per heavy atom. The third-order valence-corrected chi connectivity index (χ3v) is 5.25. The van der Waals surface area contributed by atoms with Crippen LogP contribution in [-0.4, -0.2) is 26.6 Å². The molecule has 0 atom stereocenters. The summed E-state index contributed by atoms with van der Waals surface area (Å²) >= 11 is 0. The number of aromatic nitrogens is 3. The van der Waals surface area contributed by atoms with E-state index in [-0.39, 0.29) is 23.8 Å². The van der Waals surface area contributed by atoms with E-state index in [1.165, 1.54) is 0 Å². The van der Waals surface area contributed by atoms with E-state index in [0.717, 1.165) is 29.6 Å². The molecule has 1 aromatic carbocycles. The van der Waals surface area contributed by atoms with Crippen molar-refractivity contribution in [2.45, 2.75) is 52.5 Å². The summed E-state index contributed by atoms with van der Waals surface area (Å²) in [5.41, 5.74) is 3.67. The number of rotatable bonds is 6. The van der Waals surface area contributed by atoms with E-state index in [9.17, 15) is 9.59 Å². The molecule has 0 radical (unpaired) electrons. The van der Waals surface area contributed by atoms with Crippen LogP contribution in [0.15, 0.2) is 36.5 Å². The lowest BCUT2D eigenvalue weighted by Gasteiger charge is -2.11. The normalized spacial score (nSPS) is 13.8. The van der Waals surface area contributed by atoms with Crippen LogP contribution < -0.4 is 10.6 Å². The second-order valence-electron chi connectivity index (χ2n) is 8.46. The molecule has 1 fully saturated rings. The summed E-state index contributed by atoms with van der Waals surface area (Å²) in [5.74, 6) is 0.110.